The van der Waals surface area contributed by atoms with E-state index in [1.807, 2.05) is 36.5 Å². The third-order valence-electron chi connectivity index (χ3n) is 8.23. The Balaban J connectivity index is 1.20. The molecular formula is C38H46N2O6S. The Bertz CT molecular complexity index is 1610. The van der Waals surface area contributed by atoms with Gasteiger partial charge < -0.3 is 28.7 Å². The second-order valence-electron chi connectivity index (χ2n) is 11.5. The van der Waals surface area contributed by atoms with Crippen molar-refractivity contribution in [3.8, 4) is 34.3 Å². The molecule has 8 nitrogen and oxygen atoms in total. The maximum Gasteiger partial charge on any atom is 0.347 e. The van der Waals surface area contributed by atoms with Crippen molar-refractivity contribution >= 4 is 17.7 Å². The molecule has 250 valence electrons. The van der Waals surface area contributed by atoms with Gasteiger partial charge in [0.15, 0.2) is 11.3 Å². The van der Waals surface area contributed by atoms with Gasteiger partial charge in [-0.25, -0.2) is 9.78 Å². The lowest BCUT2D eigenvalue weighted by molar-refractivity contribution is -0.149. The highest BCUT2D eigenvalue weighted by molar-refractivity contribution is 7.99. The fraction of sp³-hybridized carbons (Fsp3) is 0.421. The Morgan fingerprint density at radius 1 is 0.936 bits per heavy atom. The van der Waals surface area contributed by atoms with E-state index in [4.69, 9.17) is 28.7 Å². The number of aromatic nitrogens is 2. The zero-order valence-electron chi connectivity index (χ0n) is 27.9. The largest absolute Gasteiger partial charge is 0.496 e. The zero-order chi connectivity index (χ0) is 33.0. The quantitative estimate of drug-likeness (QED) is 0.0693. The number of carbonyl (C=O) groups excluding carboxylic acids is 1. The van der Waals surface area contributed by atoms with Crippen molar-refractivity contribution in [1.82, 2.24) is 9.97 Å². The molecule has 2 heterocycles. The summed E-state index contributed by atoms with van der Waals surface area (Å²) in [5.41, 5.74) is 6.30. The average Bonchev–Trinajstić information content (AvgIpc) is 3.58. The van der Waals surface area contributed by atoms with E-state index in [-0.39, 0.29) is 5.97 Å². The lowest BCUT2D eigenvalue weighted by atomic mass is 9.96. The summed E-state index contributed by atoms with van der Waals surface area (Å²) in [5.74, 6) is 3.80. The Kier molecular flexibility index (Phi) is 12.5. The van der Waals surface area contributed by atoms with E-state index in [1.54, 1.807) is 18.9 Å². The van der Waals surface area contributed by atoms with Gasteiger partial charge in [0, 0.05) is 35.1 Å². The van der Waals surface area contributed by atoms with Crippen LogP contribution in [0.4, 0.5) is 0 Å². The topological polar surface area (TPSA) is 91.9 Å². The lowest BCUT2D eigenvalue weighted by Gasteiger charge is -2.27. The van der Waals surface area contributed by atoms with Gasteiger partial charge in [0.2, 0.25) is 0 Å². The minimum atomic E-state index is -0.577. The summed E-state index contributed by atoms with van der Waals surface area (Å²) < 4.78 is 29.6. The fourth-order valence-corrected chi connectivity index (χ4v) is 6.76. The SMILES string of the molecule is CCCc1c(OCCCOc2ccc(-c3c[nH]c(SCCc4ccccc4)n3)c(OC)c2CCC)ccc2c1OC(C(=O)OC)CC2. The molecule has 1 aliphatic heterocycles. The highest BCUT2D eigenvalue weighted by Crippen LogP contribution is 2.40. The summed E-state index contributed by atoms with van der Waals surface area (Å²) in [7, 11) is 3.11. The summed E-state index contributed by atoms with van der Waals surface area (Å²) in [6.45, 7) is 5.27. The average molecular weight is 659 g/mol. The number of hydrogen-bond donors (Lipinski definition) is 1. The molecule has 5 rings (SSSR count). The van der Waals surface area contributed by atoms with Crippen LogP contribution in [0.5, 0.6) is 23.0 Å². The highest BCUT2D eigenvalue weighted by atomic mass is 32.2. The second kappa shape index (κ2) is 17.2. The van der Waals surface area contributed by atoms with Crippen molar-refractivity contribution < 1.29 is 28.5 Å². The summed E-state index contributed by atoms with van der Waals surface area (Å²) >= 11 is 1.72. The molecule has 0 bridgehead atoms. The molecule has 1 aromatic heterocycles. The molecule has 0 aliphatic carbocycles. The van der Waals surface area contributed by atoms with Crippen LogP contribution in [0.15, 0.2) is 66.0 Å². The van der Waals surface area contributed by atoms with Crippen LogP contribution in [0.2, 0.25) is 0 Å². The Morgan fingerprint density at radius 2 is 1.66 bits per heavy atom. The van der Waals surface area contributed by atoms with Crippen LogP contribution < -0.4 is 18.9 Å². The number of benzene rings is 3. The van der Waals surface area contributed by atoms with Crippen molar-refractivity contribution in [2.45, 2.75) is 76.5 Å². The van der Waals surface area contributed by atoms with Gasteiger partial charge in [-0.1, -0.05) is 74.8 Å². The van der Waals surface area contributed by atoms with Crippen LogP contribution in [0, 0.1) is 0 Å². The van der Waals surface area contributed by atoms with Gasteiger partial charge in [0.25, 0.3) is 0 Å². The summed E-state index contributed by atoms with van der Waals surface area (Å²) in [5, 5.41) is 0.895. The second-order valence-corrected chi connectivity index (χ2v) is 12.6. The van der Waals surface area contributed by atoms with Gasteiger partial charge in [0.05, 0.1) is 33.1 Å². The van der Waals surface area contributed by atoms with E-state index >= 15 is 0 Å². The van der Waals surface area contributed by atoms with Crippen LogP contribution in [-0.4, -0.2) is 55.2 Å². The Morgan fingerprint density at radius 3 is 2.38 bits per heavy atom. The number of carbonyl (C=O) groups is 1. The van der Waals surface area contributed by atoms with Crippen LogP contribution in [0.3, 0.4) is 0 Å². The number of aromatic amines is 1. The predicted molar refractivity (Wildman–Crippen MR) is 186 cm³/mol. The van der Waals surface area contributed by atoms with E-state index < -0.39 is 6.10 Å². The molecular weight excluding hydrogens is 612 g/mol. The molecule has 0 saturated carbocycles. The van der Waals surface area contributed by atoms with Crippen LogP contribution in [0.1, 0.15) is 61.8 Å². The van der Waals surface area contributed by atoms with E-state index in [9.17, 15) is 4.79 Å². The smallest absolute Gasteiger partial charge is 0.347 e. The van der Waals surface area contributed by atoms with Gasteiger partial charge in [-0.2, -0.15) is 0 Å². The third kappa shape index (κ3) is 8.63. The summed E-state index contributed by atoms with van der Waals surface area (Å²) in [6.07, 6.45) is 7.98. The fourth-order valence-electron chi connectivity index (χ4n) is 5.93. The number of hydrogen-bond acceptors (Lipinski definition) is 8. The minimum absolute atomic E-state index is 0.337. The summed E-state index contributed by atoms with van der Waals surface area (Å²) in [6, 6.07) is 18.6. The Labute approximate surface area is 282 Å². The van der Waals surface area contributed by atoms with Crippen molar-refractivity contribution in [2.75, 3.05) is 33.2 Å². The number of esters is 1. The number of H-pyrrole nitrogens is 1. The molecule has 1 aliphatic rings. The maximum absolute atomic E-state index is 12.2. The van der Waals surface area contributed by atoms with Crippen molar-refractivity contribution in [3.05, 3.63) is 83.0 Å². The standard InChI is InChI=1S/C38H46N2O6S/c1-5-11-29-32(18-15-27-16-19-34(37(41)43-4)46-35(27)29)44-22-10-23-45-33-20-17-28(36(42-3)30(33)12-6-2)31-25-39-38(40-31)47-24-21-26-13-8-7-9-14-26/h7-9,13-15,17-18,20,25,34H,5-6,10-12,16,19,21-24H2,1-4H3,(H,39,40). The van der Waals surface area contributed by atoms with Crippen LogP contribution >= 0.6 is 11.8 Å². The van der Waals surface area contributed by atoms with E-state index in [1.165, 1.54) is 12.7 Å². The van der Waals surface area contributed by atoms with Crippen molar-refractivity contribution in [1.29, 1.82) is 0 Å². The first-order valence-electron chi connectivity index (χ1n) is 16.6. The molecule has 4 aromatic rings. The first-order chi connectivity index (χ1) is 23.1. The normalized spacial score (nSPS) is 13.8. The number of fused-ring (bicyclic) bond motifs is 1. The number of aryl methyl sites for hydroxylation is 2. The van der Waals surface area contributed by atoms with Gasteiger partial charge in [-0.15, -0.1) is 0 Å². The molecule has 0 fully saturated rings. The first kappa shape index (κ1) is 34.2. The number of rotatable bonds is 17. The van der Waals surface area contributed by atoms with Gasteiger partial charge >= 0.3 is 5.97 Å². The van der Waals surface area contributed by atoms with E-state index in [0.29, 0.717) is 26.1 Å². The van der Waals surface area contributed by atoms with Gasteiger partial charge in [-0.3, -0.25) is 0 Å². The molecule has 0 amide bonds. The predicted octanol–water partition coefficient (Wildman–Crippen LogP) is 8.04. The Hall–Kier alpha value is -4.11. The van der Waals surface area contributed by atoms with Crippen LogP contribution in [-0.2, 0) is 35.2 Å². The van der Waals surface area contributed by atoms with Gasteiger partial charge in [-0.05, 0) is 61.4 Å². The van der Waals surface area contributed by atoms with Crippen molar-refractivity contribution in [3.63, 3.8) is 0 Å². The number of nitrogens with one attached hydrogen (secondary N) is 1. The van der Waals surface area contributed by atoms with E-state index in [2.05, 4.69) is 43.1 Å². The number of methoxy groups -OCH3 is 2. The first-order valence-corrected chi connectivity index (χ1v) is 17.6. The number of imidazole rings is 1. The maximum atomic E-state index is 12.2. The molecule has 0 radical (unpaired) electrons. The molecule has 0 saturated heterocycles. The molecule has 9 heteroatoms. The van der Waals surface area contributed by atoms with Gasteiger partial charge in [0.1, 0.15) is 23.0 Å². The summed E-state index contributed by atoms with van der Waals surface area (Å²) in [4.78, 5) is 20.4. The molecule has 1 N–H and O–H groups in total. The van der Waals surface area contributed by atoms with Crippen LogP contribution in [0.25, 0.3) is 11.3 Å². The number of nitrogens with zero attached hydrogens (tertiary/aromatic N) is 1. The molecule has 0 spiro atoms. The minimum Gasteiger partial charge on any atom is -0.496 e. The molecule has 1 unspecified atom stereocenters. The number of thioether (sulfide) groups is 1. The molecule has 1 atom stereocenters. The van der Waals surface area contributed by atoms with E-state index in [0.717, 1.165) is 100 Å². The zero-order valence-corrected chi connectivity index (χ0v) is 28.8. The highest BCUT2D eigenvalue weighted by Gasteiger charge is 2.29. The lowest BCUT2D eigenvalue weighted by Crippen LogP contribution is -2.32. The third-order valence-corrected chi connectivity index (χ3v) is 9.12. The van der Waals surface area contributed by atoms with Crippen molar-refractivity contribution in [2.24, 2.45) is 0 Å². The molecule has 3 aromatic carbocycles. The number of ether oxygens (including phenoxy) is 5. The molecule has 47 heavy (non-hydrogen) atoms. The monoisotopic (exact) mass is 658 g/mol.